The lowest BCUT2D eigenvalue weighted by molar-refractivity contribution is -0.125. The number of benzene rings is 1. The third kappa shape index (κ3) is 4.13. The van der Waals surface area contributed by atoms with Crippen LogP contribution < -0.4 is 0 Å². The smallest absolute Gasteiger partial charge is 0.246 e. The van der Waals surface area contributed by atoms with E-state index in [-0.39, 0.29) is 12.5 Å². The number of carbonyl (C=O) groups is 1. The predicted octanol–water partition coefficient (Wildman–Crippen LogP) is 3.55. The molecule has 0 aliphatic carbocycles. The van der Waals surface area contributed by atoms with Crippen LogP contribution in [0.5, 0.6) is 0 Å². The maximum Gasteiger partial charge on any atom is 0.246 e. The summed E-state index contributed by atoms with van der Waals surface area (Å²) in [5.41, 5.74) is 1.13. The Hall–Kier alpha value is -2.20. The molecule has 3 nitrogen and oxygen atoms in total. The molecule has 0 fully saturated rings. The number of carbonyl (C=O) groups excluding carboxylic acids is 1. The number of rotatable bonds is 4. The van der Waals surface area contributed by atoms with E-state index in [0.29, 0.717) is 10.6 Å². The van der Waals surface area contributed by atoms with E-state index >= 15 is 0 Å². The zero-order valence-electron chi connectivity index (χ0n) is 11.5. The van der Waals surface area contributed by atoms with Crippen molar-refractivity contribution < 1.29 is 9.18 Å². The first kappa shape index (κ1) is 15.2. The molecule has 5 heteroatoms. The highest BCUT2D eigenvalue weighted by Gasteiger charge is 2.12. The van der Waals surface area contributed by atoms with Crippen LogP contribution in [-0.2, 0) is 11.3 Å². The van der Waals surface area contributed by atoms with Gasteiger partial charge in [-0.25, -0.2) is 4.39 Å². The Kier molecular flexibility index (Phi) is 5.06. The molecule has 0 aliphatic heterocycles. The Morgan fingerprint density at radius 2 is 2.19 bits per heavy atom. The molecular formula is C16H14ClFN2O. The third-order valence-electron chi connectivity index (χ3n) is 2.94. The van der Waals surface area contributed by atoms with Crippen molar-refractivity contribution in [2.24, 2.45) is 0 Å². The minimum absolute atomic E-state index is 0.113. The van der Waals surface area contributed by atoms with Crippen molar-refractivity contribution in [1.29, 1.82) is 0 Å². The summed E-state index contributed by atoms with van der Waals surface area (Å²) >= 11 is 5.95. The fraction of sp³-hybridized carbons (Fsp3) is 0.125. The van der Waals surface area contributed by atoms with Crippen molar-refractivity contribution in [2.75, 3.05) is 7.05 Å². The second kappa shape index (κ2) is 6.99. The summed E-state index contributed by atoms with van der Waals surface area (Å²) in [4.78, 5) is 17.4. The van der Waals surface area contributed by atoms with Crippen LogP contribution in [0.15, 0.2) is 48.8 Å². The Morgan fingerprint density at radius 1 is 1.38 bits per heavy atom. The molecule has 1 aromatic heterocycles. The first-order chi connectivity index (χ1) is 10.1. The average molecular weight is 305 g/mol. The Balaban J connectivity index is 2.05. The van der Waals surface area contributed by atoms with Gasteiger partial charge in [0.25, 0.3) is 0 Å². The number of hydrogen-bond acceptors (Lipinski definition) is 2. The summed E-state index contributed by atoms with van der Waals surface area (Å²) in [5, 5.41) is 0.311. The molecule has 108 valence electrons. The summed E-state index contributed by atoms with van der Waals surface area (Å²) in [6.45, 7) is 0.113. The number of hydrogen-bond donors (Lipinski definition) is 0. The van der Waals surface area contributed by atoms with Gasteiger partial charge in [0.1, 0.15) is 5.82 Å². The van der Waals surface area contributed by atoms with E-state index in [1.54, 1.807) is 37.7 Å². The van der Waals surface area contributed by atoms with Gasteiger partial charge in [0.2, 0.25) is 5.91 Å². The van der Waals surface area contributed by atoms with Crippen LogP contribution in [0.25, 0.3) is 6.08 Å². The molecule has 0 saturated heterocycles. The van der Waals surface area contributed by atoms with Crippen molar-refractivity contribution in [3.05, 3.63) is 70.8 Å². The van der Waals surface area contributed by atoms with E-state index in [1.165, 1.54) is 23.1 Å². The van der Waals surface area contributed by atoms with E-state index in [9.17, 15) is 9.18 Å². The summed E-state index contributed by atoms with van der Waals surface area (Å²) in [5.74, 6) is -0.656. The third-order valence-corrected chi connectivity index (χ3v) is 3.29. The van der Waals surface area contributed by atoms with E-state index in [1.807, 2.05) is 6.07 Å². The lowest BCUT2D eigenvalue weighted by Crippen LogP contribution is -2.24. The van der Waals surface area contributed by atoms with Gasteiger partial charge in [-0.3, -0.25) is 9.78 Å². The molecule has 0 N–H and O–H groups in total. The number of amides is 1. The van der Waals surface area contributed by atoms with Crippen LogP contribution >= 0.6 is 11.6 Å². The maximum absolute atomic E-state index is 13.7. The van der Waals surface area contributed by atoms with Gasteiger partial charge in [-0.05, 0) is 29.8 Å². The summed E-state index contributed by atoms with van der Waals surface area (Å²) < 4.78 is 13.7. The van der Waals surface area contributed by atoms with E-state index in [0.717, 1.165) is 5.56 Å². The van der Waals surface area contributed by atoms with Crippen molar-refractivity contribution in [2.45, 2.75) is 6.54 Å². The Labute approximate surface area is 127 Å². The molecule has 1 amide bonds. The molecule has 1 aromatic carbocycles. The van der Waals surface area contributed by atoms with Gasteiger partial charge >= 0.3 is 0 Å². The van der Waals surface area contributed by atoms with Gasteiger partial charge in [-0.15, -0.1) is 0 Å². The van der Waals surface area contributed by atoms with E-state index < -0.39 is 5.82 Å². The summed E-state index contributed by atoms with van der Waals surface area (Å²) in [6.07, 6.45) is 6.39. The quantitative estimate of drug-likeness (QED) is 0.809. The second-order valence-electron chi connectivity index (χ2n) is 4.51. The minimum Gasteiger partial charge on any atom is -0.338 e. The fourth-order valence-corrected chi connectivity index (χ4v) is 1.99. The molecule has 21 heavy (non-hydrogen) atoms. The van der Waals surface area contributed by atoms with Crippen LogP contribution in [0.1, 0.15) is 11.1 Å². The summed E-state index contributed by atoms with van der Waals surface area (Å²) in [7, 11) is 1.60. The van der Waals surface area contributed by atoms with Gasteiger partial charge in [-0.2, -0.15) is 0 Å². The number of aromatic nitrogens is 1. The second-order valence-corrected chi connectivity index (χ2v) is 4.92. The van der Waals surface area contributed by atoms with Crippen molar-refractivity contribution >= 4 is 23.6 Å². The topological polar surface area (TPSA) is 33.2 Å². The molecule has 0 spiro atoms. The highest BCUT2D eigenvalue weighted by molar-refractivity contribution is 6.31. The van der Waals surface area contributed by atoms with Crippen LogP contribution in [-0.4, -0.2) is 22.8 Å². The molecule has 2 rings (SSSR count). The normalized spacial score (nSPS) is 10.8. The van der Waals surface area contributed by atoms with Gasteiger partial charge in [0, 0.05) is 42.6 Å². The van der Waals surface area contributed by atoms with Crippen LogP contribution in [0, 0.1) is 5.82 Å². The van der Waals surface area contributed by atoms with Crippen LogP contribution in [0.3, 0.4) is 0 Å². The zero-order valence-corrected chi connectivity index (χ0v) is 12.2. The lowest BCUT2D eigenvalue weighted by Gasteiger charge is -2.16. The Morgan fingerprint density at radius 3 is 2.86 bits per heavy atom. The van der Waals surface area contributed by atoms with Gasteiger partial charge in [0.05, 0.1) is 0 Å². The summed E-state index contributed by atoms with van der Waals surface area (Å²) in [6, 6.07) is 8.08. The van der Waals surface area contributed by atoms with Crippen molar-refractivity contribution in [1.82, 2.24) is 9.88 Å². The zero-order chi connectivity index (χ0) is 15.2. The SMILES string of the molecule is CN(Cc1c(F)cccc1Cl)C(=O)/C=C\c1cccnc1. The predicted molar refractivity (Wildman–Crippen MR) is 81.2 cm³/mol. The molecule has 0 saturated carbocycles. The number of likely N-dealkylation sites (N-methyl/N-ethyl adjacent to an activating group) is 1. The fourth-order valence-electron chi connectivity index (χ4n) is 1.77. The largest absolute Gasteiger partial charge is 0.338 e. The minimum atomic E-state index is -0.418. The first-order valence-electron chi connectivity index (χ1n) is 6.34. The van der Waals surface area contributed by atoms with Crippen molar-refractivity contribution in [3.8, 4) is 0 Å². The molecule has 0 unspecified atom stereocenters. The highest BCUT2D eigenvalue weighted by Crippen LogP contribution is 2.20. The van der Waals surface area contributed by atoms with Gasteiger partial charge in [0.15, 0.2) is 0 Å². The Bertz CT molecular complexity index is 638. The molecule has 0 atom stereocenters. The lowest BCUT2D eigenvalue weighted by atomic mass is 10.2. The van der Waals surface area contributed by atoms with E-state index in [4.69, 9.17) is 11.6 Å². The highest BCUT2D eigenvalue weighted by atomic mass is 35.5. The van der Waals surface area contributed by atoms with Gasteiger partial charge in [-0.1, -0.05) is 23.7 Å². The van der Waals surface area contributed by atoms with Crippen LogP contribution in [0.2, 0.25) is 5.02 Å². The molecule has 0 radical (unpaired) electrons. The molecule has 0 bridgehead atoms. The molecule has 1 heterocycles. The van der Waals surface area contributed by atoms with Gasteiger partial charge < -0.3 is 4.90 Å². The van der Waals surface area contributed by atoms with Crippen LogP contribution in [0.4, 0.5) is 4.39 Å². The van der Waals surface area contributed by atoms with E-state index in [2.05, 4.69) is 4.98 Å². The first-order valence-corrected chi connectivity index (χ1v) is 6.72. The number of nitrogens with zero attached hydrogens (tertiary/aromatic N) is 2. The molecular weight excluding hydrogens is 291 g/mol. The molecule has 0 aliphatic rings. The number of pyridine rings is 1. The number of halogens is 2. The van der Waals surface area contributed by atoms with Crippen molar-refractivity contribution in [3.63, 3.8) is 0 Å². The average Bonchev–Trinajstić information content (AvgIpc) is 2.49. The maximum atomic E-state index is 13.7. The molecule has 2 aromatic rings. The standard InChI is InChI=1S/C16H14ClFN2O/c1-20(11-13-14(17)5-2-6-15(13)18)16(21)8-7-12-4-3-9-19-10-12/h2-10H,11H2,1H3/b8-7-. The monoisotopic (exact) mass is 304 g/mol.